The van der Waals surface area contributed by atoms with Gasteiger partial charge in [-0.2, -0.15) is 0 Å². The van der Waals surface area contributed by atoms with Crippen LogP contribution in [-0.2, 0) is 14.3 Å². The Labute approximate surface area is 292 Å². The van der Waals surface area contributed by atoms with Crippen molar-refractivity contribution in [1.82, 2.24) is 10.2 Å². The van der Waals surface area contributed by atoms with Crippen molar-refractivity contribution in [3.8, 4) is 0 Å². The SMILES string of the molecule is CCCCCCCCC(CCCCCCCC)OC(=O)CCCCCCCN(CCCCCCCC)CCCNC(=O)C1(CO)CC1. The summed E-state index contributed by atoms with van der Waals surface area (Å²) in [5.41, 5.74) is -0.474. The summed E-state index contributed by atoms with van der Waals surface area (Å²) in [7, 11) is 0. The van der Waals surface area contributed by atoms with Gasteiger partial charge in [-0.15, -0.1) is 0 Å². The van der Waals surface area contributed by atoms with E-state index in [0.29, 0.717) is 13.0 Å². The molecule has 0 aromatic rings. The molecule has 2 N–H and O–H groups in total. The van der Waals surface area contributed by atoms with Crippen molar-refractivity contribution in [2.75, 3.05) is 32.8 Å². The highest BCUT2D eigenvalue weighted by molar-refractivity contribution is 5.85. The molecule has 1 aliphatic carbocycles. The monoisotopic (exact) mass is 665 g/mol. The first kappa shape index (κ1) is 43.9. The topological polar surface area (TPSA) is 78.9 Å². The summed E-state index contributed by atoms with van der Waals surface area (Å²) in [5, 5.41) is 12.6. The first-order valence-electron chi connectivity index (χ1n) is 20.8. The fraction of sp³-hybridized carbons (Fsp3) is 0.951. The van der Waals surface area contributed by atoms with Crippen LogP contribution >= 0.6 is 0 Å². The van der Waals surface area contributed by atoms with E-state index in [1.807, 2.05) is 0 Å². The molecule has 6 nitrogen and oxygen atoms in total. The maximum Gasteiger partial charge on any atom is 0.306 e. The van der Waals surface area contributed by atoms with E-state index in [1.54, 1.807) is 0 Å². The van der Waals surface area contributed by atoms with E-state index in [2.05, 4.69) is 31.0 Å². The molecule has 1 aliphatic rings. The van der Waals surface area contributed by atoms with Gasteiger partial charge in [-0.1, -0.05) is 136 Å². The van der Waals surface area contributed by atoms with Gasteiger partial charge in [0.1, 0.15) is 6.10 Å². The van der Waals surface area contributed by atoms with Crippen LogP contribution in [0, 0.1) is 5.41 Å². The van der Waals surface area contributed by atoms with Gasteiger partial charge in [-0.05, 0) is 83.8 Å². The molecule has 1 rings (SSSR count). The number of amides is 1. The summed E-state index contributed by atoms with van der Waals surface area (Å²) in [6.45, 7) is 10.7. The number of hydrogen-bond donors (Lipinski definition) is 2. The Kier molecular flexibility index (Phi) is 28.8. The van der Waals surface area contributed by atoms with Crippen molar-refractivity contribution in [2.24, 2.45) is 5.41 Å². The summed E-state index contributed by atoms with van der Waals surface area (Å²) < 4.78 is 6.04. The maximum atomic E-state index is 12.7. The number of unbranched alkanes of at least 4 members (excludes halogenated alkanes) is 19. The number of aliphatic hydroxyl groups is 1. The minimum Gasteiger partial charge on any atom is -0.462 e. The van der Waals surface area contributed by atoms with Gasteiger partial charge in [-0.3, -0.25) is 9.59 Å². The van der Waals surface area contributed by atoms with Crippen molar-refractivity contribution in [3.05, 3.63) is 0 Å². The van der Waals surface area contributed by atoms with Crippen LogP contribution in [0.25, 0.3) is 0 Å². The average Bonchev–Trinajstić information content (AvgIpc) is 3.88. The lowest BCUT2D eigenvalue weighted by atomic mass is 10.0. The smallest absolute Gasteiger partial charge is 0.306 e. The Hall–Kier alpha value is -1.14. The van der Waals surface area contributed by atoms with Crippen molar-refractivity contribution in [3.63, 3.8) is 0 Å². The van der Waals surface area contributed by atoms with Gasteiger partial charge in [0.2, 0.25) is 5.91 Å². The van der Waals surface area contributed by atoms with Crippen LogP contribution in [0.2, 0.25) is 0 Å². The highest BCUT2D eigenvalue weighted by atomic mass is 16.5. The highest BCUT2D eigenvalue weighted by Gasteiger charge is 2.49. The Morgan fingerprint density at radius 2 is 1.04 bits per heavy atom. The van der Waals surface area contributed by atoms with E-state index in [-0.39, 0.29) is 24.6 Å². The minimum atomic E-state index is -0.474. The van der Waals surface area contributed by atoms with Gasteiger partial charge in [0.25, 0.3) is 0 Å². The van der Waals surface area contributed by atoms with Crippen molar-refractivity contribution >= 4 is 11.9 Å². The van der Waals surface area contributed by atoms with E-state index >= 15 is 0 Å². The molecule has 1 fully saturated rings. The fourth-order valence-electron chi connectivity index (χ4n) is 6.70. The predicted octanol–water partition coefficient (Wildman–Crippen LogP) is 10.7. The molecule has 0 bridgehead atoms. The van der Waals surface area contributed by atoms with Gasteiger partial charge in [0, 0.05) is 13.0 Å². The second-order valence-corrected chi connectivity index (χ2v) is 14.9. The Morgan fingerprint density at radius 1 is 0.617 bits per heavy atom. The van der Waals surface area contributed by atoms with E-state index in [4.69, 9.17) is 4.74 Å². The molecule has 47 heavy (non-hydrogen) atoms. The number of nitrogens with zero attached hydrogens (tertiary/aromatic N) is 1. The molecule has 0 spiro atoms. The van der Waals surface area contributed by atoms with Crippen LogP contribution in [-0.4, -0.2) is 60.8 Å². The largest absolute Gasteiger partial charge is 0.462 e. The van der Waals surface area contributed by atoms with Gasteiger partial charge in [0.15, 0.2) is 0 Å². The van der Waals surface area contributed by atoms with Crippen LogP contribution in [0.4, 0.5) is 0 Å². The first-order valence-corrected chi connectivity index (χ1v) is 20.8. The van der Waals surface area contributed by atoms with Crippen LogP contribution in [0.5, 0.6) is 0 Å². The molecule has 6 heteroatoms. The zero-order valence-electron chi connectivity index (χ0n) is 31.7. The van der Waals surface area contributed by atoms with Crippen LogP contribution in [0.1, 0.15) is 207 Å². The quantitative estimate of drug-likeness (QED) is 0.0515. The van der Waals surface area contributed by atoms with E-state index in [1.165, 1.54) is 135 Å². The molecule has 1 saturated carbocycles. The summed E-state index contributed by atoms with van der Waals surface area (Å²) in [4.78, 5) is 27.7. The summed E-state index contributed by atoms with van der Waals surface area (Å²) in [6, 6.07) is 0. The van der Waals surface area contributed by atoms with Crippen LogP contribution in [0.3, 0.4) is 0 Å². The number of ether oxygens (including phenoxy) is 1. The van der Waals surface area contributed by atoms with Crippen LogP contribution in [0.15, 0.2) is 0 Å². The molecule has 0 radical (unpaired) electrons. The fourth-order valence-corrected chi connectivity index (χ4v) is 6.70. The van der Waals surface area contributed by atoms with E-state index < -0.39 is 5.41 Å². The zero-order valence-corrected chi connectivity index (χ0v) is 31.7. The molecule has 0 aliphatic heterocycles. The second-order valence-electron chi connectivity index (χ2n) is 14.9. The van der Waals surface area contributed by atoms with Gasteiger partial charge in [-0.25, -0.2) is 0 Å². The lowest BCUT2D eigenvalue weighted by Crippen LogP contribution is -2.36. The standard InChI is InChI=1S/C41H80N2O4/c1-4-7-10-13-17-22-28-38(29-23-18-14-11-8-5-2)47-39(45)30-24-19-16-21-26-35-43(34-25-20-15-12-9-6-3)36-27-33-42-40(46)41(37-44)31-32-41/h38,44H,4-37H2,1-3H3,(H,42,46). The third-order valence-corrected chi connectivity index (χ3v) is 10.3. The molecular formula is C41H80N2O4. The van der Waals surface area contributed by atoms with Crippen LogP contribution < -0.4 is 5.32 Å². The first-order chi connectivity index (χ1) is 23.0. The third-order valence-electron chi connectivity index (χ3n) is 10.3. The van der Waals surface area contributed by atoms with E-state index in [0.717, 1.165) is 64.6 Å². The lowest BCUT2D eigenvalue weighted by Gasteiger charge is -2.23. The summed E-state index contributed by atoms with van der Waals surface area (Å²) in [6.07, 6.45) is 34.3. The predicted molar refractivity (Wildman–Crippen MR) is 200 cm³/mol. The number of nitrogens with one attached hydrogen (secondary N) is 1. The Bertz CT molecular complexity index is 710. The van der Waals surface area contributed by atoms with Crippen molar-refractivity contribution in [2.45, 2.75) is 213 Å². The Morgan fingerprint density at radius 3 is 1.51 bits per heavy atom. The number of rotatable bonds is 36. The van der Waals surface area contributed by atoms with Gasteiger partial charge < -0.3 is 20.1 Å². The number of carbonyl (C=O) groups excluding carboxylic acids is 2. The zero-order chi connectivity index (χ0) is 34.3. The van der Waals surface area contributed by atoms with Gasteiger partial charge in [0.05, 0.1) is 12.0 Å². The van der Waals surface area contributed by atoms with Gasteiger partial charge >= 0.3 is 5.97 Å². The van der Waals surface area contributed by atoms with Crippen molar-refractivity contribution in [1.29, 1.82) is 0 Å². The average molecular weight is 665 g/mol. The molecule has 0 atom stereocenters. The number of aliphatic hydroxyl groups excluding tert-OH is 1. The minimum absolute atomic E-state index is 0.0239. The molecule has 1 amide bonds. The molecule has 0 unspecified atom stereocenters. The normalized spacial score (nSPS) is 13.8. The summed E-state index contributed by atoms with van der Waals surface area (Å²) >= 11 is 0. The molecule has 0 aromatic carbocycles. The second kappa shape index (κ2) is 30.9. The molecule has 278 valence electrons. The maximum absolute atomic E-state index is 12.7. The lowest BCUT2D eigenvalue weighted by molar-refractivity contribution is -0.150. The molecule has 0 heterocycles. The number of hydrogen-bond acceptors (Lipinski definition) is 5. The third kappa shape index (κ3) is 24.6. The number of carbonyl (C=O) groups is 2. The van der Waals surface area contributed by atoms with Crippen molar-refractivity contribution < 1.29 is 19.4 Å². The molecular weight excluding hydrogens is 584 g/mol. The van der Waals surface area contributed by atoms with E-state index in [9.17, 15) is 14.7 Å². The molecule has 0 saturated heterocycles. The Balaban J connectivity index is 2.28. The number of esters is 1. The highest BCUT2D eigenvalue weighted by Crippen LogP contribution is 2.45. The summed E-state index contributed by atoms with van der Waals surface area (Å²) in [5.74, 6) is 0.0632. The molecule has 0 aromatic heterocycles.